The van der Waals surface area contributed by atoms with Crippen LogP contribution in [0.25, 0.3) is 0 Å². The van der Waals surface area contributed by atoms with Crippen molar-refractivity contribution in [1.82, 2.24) is 19.8 Å². The highest BCUT2D eigenvalue weighted by Gasteiger charge is 2.40. The molecule has 150 valence electrons. The van der Waals surface area contributed by atoms with Crippen LogP contribution in [0.3, 0.4) is 0 Å². The maximum atomic E-state index is 14.5. The van der Waals surface area contributed by atoms with Gasteiger partial charge >= 0.3 is 0 Å². The summed E-state index contributed by atoms with van der Waals surface area (Å²) in [6.07, 6.45) is 5.19. The third kappa shape index (κ3) is 4.24. The SMILES string of the molecule is CCN1C(=O)CC[C@@H](C(=O)NCCCn2ccnc2C)[C@@H]1c1ccccc1F. The second-order valence-electron chi connectivity index (χ2n) is 7.10. The fourth-order valence-electron chi connectivity index (χ4n) is 3.93. The number of halogens is 1. The molecule has 0 aliphatic carbocycles. The van der Waals surface area contributed by atoms with Gasteiger partial charge in [0.05, 0.1) is 12.0 Å². The molecule has 3 rings (SSSR count). The van der Waals surface area contributed by atoms with Gasteiger partial charge in [-0.3, -0.25) is 9.59 Å². The largest absolute Gasteiger partial charge is 0.356 e. The minimum absolute atomic E-state index is 0.0320. The van der Waals surface area contributed by atoms with Crippen LogP contribution in [0, 0.1) is 18.7 Å². The van der Waals surface area contributed by atoms with Gasteiger partial charge in [-0.25, -0.2) is 9.37 Å². The minimum atomic E-state index is -0.566. The summed E-state index contributed by atoms with van der Waals surface area (Å²) in [7, 11) is 0. The maximum Gasteiger partial charge on any atom is 0.225 e. The van der Waals surface area contributed by atoms with Gasteiger partial charge in [-0.1, -0.05) is 18.2 Å². The first-order chi connectivity index (χ1) is 13.5. The first-order valence-electron chi connectivity index (χ1n) is 9.82. The summed E-state index contributed by atoms with van der Waals surface area (Å²) in [6, 6.07) is 5.85. The number of amides is 2. The third-order valence-electron chi connectivity index (χ3n) is 5.41. The van der Waals surface area contributed by atoms with E-state index >= 15 is 0 Å². The molecule has 1 aromatic carbocycles. The smallest absolute Gasteiger partial charge is 0.225 e. The molecule has 1 aromatic heterocycles. The molecule has 28 heavy (non-hydrogen) atoms. The van der Waals surface area contributed by atoms with E-state index in [-0.39, 0.29) is 17.6 Å². The number of benzene rings is 1. The highest BCUT2D eigenvalue weighted by molar-refractivity contribution is 5.85. The molecular weight excluding hydrogens is 359 g/mol. The van der Waals surface area contributed by atoms with Crippen LogP contribution in [0.2, 0.25) is 0 Å². The van der Waals surface area contributed by atoms with E-state index in [4.69, 9.17) is 0 Å². The maximum absolute atomic E-state index is 14.5. The lowest BCUT2D eigenvalue weighted by Crippen LogP contribution is -2.48. The van der Waals surface area contributed by atoms with Gasteiger partial charge in [-0.05, 0) is 32.8 Å². The summed E-state index contributed by atoms with van der Waals surface area (Å²) < 4.78 is 16.5. The van der Waals surface area contributed by atoms with Crippen molar-refractivity contribution in [3.63, 3.8) is 0 Å². The fraction of sp³-hybridized carbons (Fsp3) is 0.476. The van der Waals surface area contributed by atoms with E-state index in [0.717, 1.165) is 18.8 Å². The number of hydrogen-bond donors (Lipinski definition) is 1. The van der Waals surface area contributed by atoms with E-state index in [1.165, 1.54) is 6.07 Å². The number of nitrogens with zero attached hydrogens (tertiary/aromatic N) is 3. The Morgan fingerprint density at radius 3 is 2.82 bits per heavy atom. The van der Waals surface area contributed by atoms with Crippen molar-refractivity contribution in [1.29, 1.82) is 0 Å². The van der Waals surface area contributed by atoms with Crippen molar-refractivity contribution >= 4 is 11.8 Å². The molecule has 1 aliphatic rings. The number of aromatic nitrogens is 2. The van der Waals surface area contributed by atoms with Gasteiger partial charge < -0.3 is 14.8 Å². The highest BCUT2D eigenvalue weighted by atomic mass is 19.1. The normalized spacial score (nSPS) is 19.7. The number of hydrogen-bond acceptors (Lipinski definition) is 3. The molecule has 1 fully saturated rings. The molecule has 2 aromatic rings. The van der Waals surface area contributed by atoms with Crippen LogP contribution < -0.4 is 5.32 Å². The quantitative estimate of drug-likeness (QED) is 0.744. The summed E-state index contributed by atoms with van der Waals surface area (Å²) in [5, 5.41) is 2.98. The molecule has 0 spiro atoms. The van der Waals surface area contributed by atoms with Crippen LogP contribution in [-0.2, 0) is 16.1 Å². The van der Waals surface area contributed by atoms with Gasteiger partial charge in [0.1, 0.15) is 11.6 Å². The van der Waals surface area contributed by atoms with E-state index in [9.17, 15) is 14.0 Å². The zero-order valence-corrected chi connectivity index (χ0v) is 16.4. The predicted octanol–water partition coefficient (Wildman–Crippen LogP) is 2.84. The molecule has 0 unspecified atom stereocenters. The van der Waals surface area contributed by atoms with Crippen molar-refractivity contribution in [2.45, 2.75) is 45.7 Å². The zero-order chi connectivity index (χ0) is 20.1. The monoisotopic (exact) mass is 386 g/mol. The Labute approximate surface area is 164 Å². The Morgan fingerprint density at radius 2 is 2.14 bits per heavy atom. The number of likely N-dealkylation sites (tertiary alicyclic amines) is 1. The molecule has 2 heterocycles. The van der Waals surface area contributed by atoms with Gasteiger partial charge in [0.15, 0.2) is 0 Å². The van der Waals surface area contributed by atoms with Gasteiger partial charge in [0.2, 0.25) is 11.8 Å². The highest BCUT2D eigenvalue weighted by Crippen LogP contribution is 2.37. The van der Waals surface area contributed by atoms with E-state index in [1.54, 1.807) is 29.3 Å². The number of carbonyl (C=O) groups excluding carboxylic acids is 2. The van der Waals surface area contributed by atoms with Crippen molar-refractivity contribution < 1.29 is 14.0 Å². The molecule has 0 bridgehead atoms. The van der Waals surface area contributed by atoms with Gasteiger partial charge in [-0.15, -0.1) is 0 Å². The summed E-state index contributed by atoms with van der Waals surface area (Å²) >= 11 is 0. The zero-order valence-electron chi connectivity index (χ0n) is 16.4. The number of piperidine rings is 1. The minimum Gasteiger partial charge on any atom is -0.356 e. The Bertz CT molecular complexity index is 835. The number of aryl methyl sites for hydroxylation is 2. The topological polar surface area (TPSA) is 67.2 Å². The molecular formula is C21H27FN4O2. The lowest BCUT2D eigenvalue weighted by Gasteiger charge is -2.40. The summed E-state index contributed by atoms with van der Waals surface area (Å²) in [4.78, 5) is 31.1. The van der Waals surface area contributed by atoms with Gasteiger partial charge in [0, 0.05) is 44.0 Å². The van der Waals surface area contributed by atoms with Crippen LogP contribution in [0.4, 0.5) is 4.39 Å². The standard InChI is InChI=1S/C21H27FN4O2/c1-3-26-19(27)10-9-17(20(26)16-7-4-5-8-18(16)22)21(28)24-11-6-13-25-14-12-23-15(25)2/h4-5,7-8,12,14,17,20H,3,6,9-11,13H2,1-2H3,(H,24,28)/t17-,20+/m1/s1. The molecule has 6 nitrogen and oxygen atoms in total. The van der Waals surface area contributed by atoms with Gasteiger partial charge in [-0.2, -0.15) is 0 Å². The van der Waals surface area contributed by atoms with Crippen LogP contribution in [0.1, 0.15) is 43.6 Å². The second-order valence-corrected chi connectivity index (χ2v) is 7.10. The van der Waals surface area contributed by atoms with E-state index in [0.29, 0.717) is 31.5 Å². The first kappa shape index (κ1) is 20.0. The molecule has 2 amide bonds. The third-order valence-corrected chi connectivity index (χ3v) is 5.41. The Hall–Kier alpha value is -2.70. The summed E-state index contributed by atoms with van der Waals surface area (Å²) in [5.41, 5.74) is 0.409. The van der Waals surface area contributed by atoms with E-state index in [1.807, 2.05) is 24.6 Å². The van der Waals surface area contributed by atoms with E-state index < -0.39 is 12.0 Å². The molecule has 0 saturated carbocycles. The second kappa shape index (κ2) is 8.99. The molecule has 2 atom stereocenters. The van der Waals surface area contributed by atoms with Crippen LogP contribution in [0.5, 0.6) is 0 Å². The van der Waals surface area contributed by atoms with Gasteiger partial charge in [0.25, 0.3) is 0 Å². The van der Waals surface area contributed by atoms with E-state index in [2.05, 4.69) is 10.3 Å². The molecule has 0 radical (unpaired) electrons. The van der Waals surface area contributed by atoms with Crippen LogP contribution >= 0.6 is 0 Å². The Kier molecular flexibility index (Phi) is 6.44. The number of rotatable bonds is 7. The number of carbonyl (C=O) groups is 2. The molecule has 1 saturated heterocycles. The number of imidazole rings is 1. The van der Waals surface area contributed by atoms with Crippen molar-refractivity contribution in [2.24, 2.45) is 5.92 Å². The van der Waals surface area contributed by atoms with Crippen LogP contribution in [-0.4, -0.2) is 39.4 Å². The average Bonchev–Trinajstić information content (AvgIpc) is 3.10. The first-order valence-corrected chi connectivity index (χ1v) is 9.82. The van der Waals surface area contributed by atoms with Crippen molar-refractivity contribution in [3.8, 4) is 0 Å². The lowest BCUT2D eigenvalue weighted by molar-refractivity contribution is -0.143. The van der Waals surface area contributed by atoms with Crippen molar-refractivity contribution in [3.05, 3.63) is 53.9 Å². The van der Waals surface area contributed by atoms with Crippen LogP contribution in [0.15, 0.2) is 36.7 Å². The average molecular weight is 386 g/mol. The number of nitrogens with one attached hydrogen (secondary N) is 1. The Morgan fingerprint density at radius 1 is 1.36 bits per heavy atom. The molecule has 1 aliphatic heterocycles. The molecule has 7 heteroatoms. The Balaban J connectivity index is 1.68. The molecule has 1 N–H and O–H groups in total. The predicted molar refractivity (Wildman–Crippen MR) is 104 cm³/mol. The fourth-order valence-corrected chi connectivity index (χ4v) is 3.93. The summed E-state index contributed by atoms with van der Waals surface area (Å²) in [5.74, 6) is -0.0502. The van der Waals surface area contributed by atoms with Crippen molar-refractivity contribution in [2.75, 3.05) is 13.1 Å². The lowest BCUT2D eigenvalue weighted by atomic mass is 9.83. The summed E-state index contributed by atoms with van der Waals surface area (Å²) in [6.45, 7) is 5.54.